The van der Waals surface area contributed by atoms with E-state index in [2.05, 4.69) is 20.1 Å². The Bertz CT molecular complexity index is 1320. The first-order valence-corrected chi connectivity index (χ1v) is 12.4. The molecule has 11 heteroatoms. The van der Waals surface area contributed by atoms with Crippen LogP contribution in [0.3, 0.4) is 0 Å². The highest BCUT2D eigenvalue weighted by atomic mass is 32.2. The molecule has 0 radical (unpaired) electrons. The van der Waals surface area contributed by atoms with Crippen LogP contribution in [0.5, 0.6) is 0 Å². The number of para-hydroxylation sites is 1. The number of ether oxygens (including phenoxy) is 1. The van der Waals surface area contributed by atoms with Crippen molar-refractivity contribution in [2.75, 3.05) is 41.4 Å². The van der Waals surface area contributed by atoms with Gasteiger partial charge in [-0.25, -0.2) is 8.42 Å². The molecule has 1 saturated heterocycles. The van der Waals surface area contributed by atoms with Crippen LogP contribution in [-0.2, 0) is 14.8 Å². The summed E-state index contributed by atoms with van der Waals surface area (Å²) in [5.74, 6) is 0. The molecule has 0 spiro atoms. The normalized spacial score (nSPS) is 14.4. The van der Waals surface area contributed by atoms with Gasteiger partial charge in [0.1, 0.15) is 5.69 Å². The highest BCUT2D eigenvalue weighted by molar-refractivity contribution is 7.92. The number of nitrogens with zero attached hydrogens (tertiary/aromatic N) is 3. The first-order valence-electron chi connectivity index (χ1n) is 10.9. The SMILES string of the molecule is C/C(=N/Nc1ccc(S(=O)(=O)Nc2ccccc2)cc1[N+](=O)[O-])c1ccc(N2CCOCC2)cc1. The number of morpholine rings is 1. The highest BCUT2D eigenvalue weighted by Crippen LogP contribution is 2.29. The van der Waals surface area contributed by atoms with E-state index in [1.807, 2.05) is 24.3 Å². The maximum atomic E-state index is 12.7. The molecule has 1 aliphatic rings. The topological polar surface area (TPSA) is 126 Å². The summed E-state index contributed by atoms with van der Waals surface area (Å²) in [6.07, 6.45) is 0. The molecule has 182 valence electrons. The van der Waals surface area contributed by atoms with Crippen LogP contribution < -0.4 is 15.0 Å². The number of hydrazone groups is 1. The van der Waals surface area contributed by atoms with E-state index in [1.165, 1.54) is 12.1 Å². The van der Waals surface area contributed by atoms with Gasteiger partial charge >= 0.3 is 0 Å². The fraction of sp³-hybridized carbons (Fsp3) is 0.208. The molecule has 35 heavy (non-hydrogen) atoms. The second-order valence-corrected chi connectivity index (χ2v) is 9.55. The molecule has 0 aliphatic carbocycles. The zero-order chi connectivity index (χ0) is 24.8. The van der Waals surface area contributed by atoms with Crippen molar-refractivity contribution < 1.29 is 18.1 Å². The maximum absolute atomic E-state index is 12.7. The minimum absolute atomic E-state index is 0.0814. The molecule has 4 rings (SSSR count). The van der Waals surface area contributed by atoms with Gasteiger partial charge in [-0.3, -0.25) is 20.3 Å². The molecule has 0 saturated carbocycles. The summed E-state index contributed by atoms with van der Waals surface area (Å²) in [6.45, 7) is 4.86. The van der Waals surface area contributed by atoms with Crippen LogP contribution in [-0.4, -0.2) is 45.4 Å². The maximum Gasteiger partial charge on any atom is 0.295 e. The Labute approximate surface area is 203 Å². The molecule has 10 nitrogen and oxygen atoms in total. The van der Waals surface area contributed by atoms with Gasteiger partial charge in [-0.1, -0.05) is 30.3 Å². The average Bonchev–Trinajstić information content (AvgIpc) is 2.88. The molecule has 3 aromatic rings. The zero-order valence-electron chi connectivity index (χ0n) is 19.0. The molecule has 0 atom stereocenters. The number of sulfonamides is 1. The Kier molecular flexibility index (Phi) is 7.28. The van der Waals surface area contributed by atoms with E-state index in [0.717, 1.165) is 30.4 Å². The Morgan fingerprint density at radius 1 is 1.03 bits per heavy atom. The number of nitrogens with one attached hydrogen (secondary N) is 2. The predicted molar refractivity (Wildman–Crippen MR) is 136 cm³/mol. The van der Waals surface area contributed by atoms with E-state index in [4.69, 9.17) is 4.74 Å². The van der Waals surface area contributed by atoms with Gasteiger partial charge in [0.2, 0.25) is 0 Å². The van der Waals surface area contributed by atoms with E-state index in [-0.39, 0.29) is 10.6 Å². The third-order valence-corrected chi connectivity index (χ3v) is 6.89. The lowest BCUT2D eigenvalue weighted by molar-refractivity contribution is -0.384. The fourth-order valence-corrected chi connectivity index (χ4v) is 4.67. The van der Waals surface area contributed by atoms with Gasteiger partial charge in [-0.15, -0.1) is 0 Å². The van der Waals surface area contributed by atoms with Crippen molar-refractivity contribution in [3.63, 3.8) is 0 Å². The molecular formula is C24H25N5O5S. The molecule has 3 aromatic carbocycles. The van der Waals surface area contributed by atoms with E-state index in [9.17, 15) is 18.5 Å². The summed E-state index contributed by atoms with van der Waals surface area (Å²) in [7, 11) is -4.00. The van der Waals surface area contributed by atoms with Crippen molar-refractivity contribution in [3.8, 4) is 0 Å². The fourth-order valence-electron chi connectivity index (χ4n) is 3.59. The minimum atomic E-state index is -4.00. The van der Waals surface area contributed by atoms with Crippen molar-refractivity contribution in [3.05, 3.63) is 88.5 Å². The summed E-state index contributed by atoms with van der Waals surface area (Å²) < 4.78 is 33.2. The van der Waals surface area contributed by atoms with Crippen LogP contribution in [0.4, 0.5) is 22.7 Å². The molecule has 0 bridgehead atoms. The molecule has 0 unspecified atom stereocenters. The number of benzene rings is 3. The van der Waals surface area contributed by atoms with Gasteiger partial charge in [-0.2, -0.15) is 5.10 Å². The Hall–Kier alpha value is -3.96. The van der Waals surface area contributed by atoms with Gasteiger partial charge < -0.3 is 9.64 Å². The predicted octanol–water partition coefficient (Wildman–Crippen LogP) is 4.07. The van der Waals surface area contributed by atoms with Crippen LogP contribution in [0.2, 0.25) is 0 Å². The first kappa shape index (κ1) is 24.2. The summed E-state index contributed by atoms with van der Waals surface area (Å²) in [6, 6.07) is 19.8. The van der Waals surface area contributed by atoms with Crippen LogP contribution in [0.1, 0.15) is 12.5 Å². The third-order valence-electron chi connectivity index (χ3n) is 5.51. The lowest BCUT2D eigenvalue weighted by atomic mass is 10.1. The lowest BCUT2D eigenvalue weighted by Gasteiger charge is -2.28. The van der Waals surface area contributed by atoms with E-state index in [1.54, 1.807) is 37.3 Å². The zero-order valence-corrected chi connectivity index (χ0v) is 19.9. The Morgan fingerprint density at radius 2 is 1.71 bits per heavy atom. The highest BCUT2D eigenvalue weighted by Gasteiger charge is 2.22. The van der Waals surface area contributed by atoms with Crippen LogP contribution >= 0.6 is 0 Å². The Morgan fingerprint density at radius 3 is 2.37 bits per heavy atom. The lowest BCUT2D eigenvalue weighted by Crippen LogP contribution is -2.36. The smallest absolute Gasteiger partial charge is 0.295 e. The second-order valence-electron chi connectivity index (χ2n) is 7.86. The van der Waals surface area contributed by atoms with Gasteiger partial charge in [0.15, 0.2) is 0 Å². The van der Waals surface area contributed by atoms with Crippen LogP contribution in [0.25, 0.3) is 0 Å². The van der Waals surface area contributed by atoms with Gasteiger partial charge in [0, 0.05) is 30.5 Å². The minimum Gasteiger partial charge on any atom is -0.378 e. The molecule has 1 aliphatic heterocycles. The first-order chi connectivity index (χ1) is 16.8. The number of nitro groups is 1. The summed E-state index contributed by atoms with van der Waals surface area (Å²) in [5.41, 5.74) is 5.30. The van der Waals surface area contributed by atoms with Gasteiger partial charge in [-0.05, 0) is 48.9 Å². The number of hydrogen-bond acceptors (Lipinski definition) is 8. The second kappa shape index (κ2) is 10.5. The number of anilines is 3. The van der Waals surface area contributed by atoms with E-state index in [0.29, 0.717) is 24.6 Å². The number of rotatable bonds is 8. The van der Waals surface area contributed by atoms with Gasteiger partial charge in [0.25, 0.3) is 15.7 Å². The van der Waals surface area contributed by atoms with E-state index < -0.39 is 20.6 Å². The van der Waals surface area contributed by atoms with Gasteiger partial charge in [0.05, 0.1) is 28.7 Å². The molecule has 1 fully saturated rings. The Balaban J connectivity index is 1.51. The van der Waals surface area contributed by atoms with Crippen molar-refractivity contribution in [1.82, 2.24) is 0 Å². The summed E-state index contributed by atoms with van der Waals surface area (Å²) in [5, 5.41) is 15.9. The van der Waals surface area contributed by atoms with Crippen molar-refractivity contribution in [2.45, 2.75) is 11.8 Å². The number of nitro benzene ring substituents is 1. The largest absolute Gasteiger partial charge is 0.378 e. The molecule has 1 heterocycles. The average molecular weight is 496 g/mol. The van der Waals surface area contributed by atoms with Crippen LogP contribution in [0.15, 0.2) is 82.8 Å². The third kappa shape index (κ3) is 5.94. The quantitative estimate of drug-likeness (QED) is 0.274. The van der Waals surface area contributed by atoms with Crippen LogP contribution in [0, 0.1) is 10.1 Å². The standard InChI is InChI=1S/C24H25N5O5S/c1-18(19-7-9-21(10-8-19)28-13-15-34-16-14-28)25-26-23-12-11-22(17-24(23)29(30)31)35(32,33)27-20-5-3-2-4-6-20/h2-12,17,26-27H,13-16H2,1H3/b25-18-. The van der Waals surface area contributed by atoms with Crippen molar-refractivity contribution in [2.24, 2.45) is 5.10 Å². The van der Waals surface area contributed by atoms with Crippen molar-refractivity contribution >= 4 is 38.5 Å². The summed E-state index contributed by atoms with van der Waals surface area (Å²) >= 11 is 0. The van der Waals surface area contributed by atoms with E-state index >= 15 is 0 Å². The summed E-state index contributed by atoms with van der Waals surface area (Å²) in [4.78, 5) is 13.0. The molecule has 0 aromatic heterocycles. The molecule has 2 N–H and O–H groups in total. The van der Waals surface area contributed by atoms with Crippen molar-refractivity contribution in [1.29, 1.82) is 0 Å². The monoisotopic (exact) mass is 495 g/mol. The number of hydrogen-bond donors (Lipinski definition) is 2. The molecular weight excluding hydrogens is 470 g/mol. The molecule has 0 amide bonds.